The first kappa shape index (κ1) is 17.3. The topological polar surface area (TPSA) is 39.4 Å². The molecule has 0 radical (unpaired) electrons. The van der Waals surface area contributed by atoms with Gasteiger partial charge in [0.2, 0.25) is 5.43 Å². The Hall–Kier alpha value is -3.85. The molecule has 1 heterocycles. The summed E-state index contributed by atoms with van der Waals surface area (Å²) in [6, 6.07) is 29.0. The number of methoxy groups -OCH3 is 1. The minimum Gasteiger partial charge on any atom is -0.497 e. The zero-order valence-electron chi connectivity index (χ0n) is 15.9. The third-order valence-corrected chi connectivity index (χ3v) is 5.20. The summed E-state index contributed by atoms with van der Waals surface area (Å²) in [4.78, 5) is 13.6. The fourth-order valence-electron chi connectivity index (χ4n) is 3.74. The molecule has 0 aliphatic heterocycles. The van der Waals surface area contributed by atoms with Crippen LogP contribution in [0.5, 0.6) is 5.75 Å². The molecule has 1 aromatic heterocycles. The van der Waals surface area contributed by atoms with Crippen molar-refractivity contribution in [3.8, 4) is 28.2 Å². The summed E-state index contributed by atoms with van der Waals surface area (Å²) in [5, 5.41) is 2.55. The normalized spacial score (nSPS) is 11.1. The molecule has 3 nitrogen and oxygen atoms in total. The van der Waals surface area contributed by atoms with Gasteiger partial charge in [-0.3, -0.25) is 4.79 Å². The van der Waals surface area contributed by atoms with Crippen LogP contribution in [0, 0.1) is 0 Å². The predicted octanol–water partition coefficient (Wildman–Crippen LogP) is 6.29. The Labute approximate surface area is 167 Å². The molecule has 140 valence electrons. The number of ether oxygens (including phenoxy) is 1. The Kier molecular flexibility index (Phi) is 4.14. The van der Waals surface area contributed by atoms with Crippen LogP contribution in [0.25, 0.3) is 44.2 Å². The highest BCUT2D eigenvalue weighted by atomic mass is 16.5. The number of hydrogen-bond donors (Lipinski definition) is 0. The summed E-state index contributed by atoms with van der Waals surface area (Å²) in [5.74, 6) is 1.32. The van der Waals surface area contributed by atoms with Gasteiger partial charge in [-0.2, -0.15) is 0 Å². The summed E-state index contributed by atoms with van der Waals surface area (Å²) in [5.41, 5.74) is 2.81. The van der Waals surface area contributed by atoms with E-state index in [1.54, 1.807) is 7.11 Å². The third-order valence-electron chi connectivity index (χ3n) is 5.20. The number of rotatable bonds is 3. The number of benzene rings is 4. The van der Waals surface area contributed by atoms with Crippen molar-refractivity contribution in [3.63, 3.8) is 0 Å². The van der Waals surface area contributed by atoms with Gasteiger partial charge >= 0.3 is 0 Å². The molecular formula is C26H18O3. The number of hydrogen-bond acceptors (Lipinski definition) is 3. The highest BCUT2D eigenvalue weighted by Gasteiger charge is 2.19. The van der Waals surface area contributed by atoms with Gasteiger partial charge in [-0.1, -0.05) is 60.7 Å². The van der Waals surface area contributed by atoms with E-state index in [2.05, 4.69) is 0 Å². The van der Waals surface area contributed by atoms with Crippen LogP contribution in [0.1, 0.15) is 0 Å². The van der Waals surface area contributed by atoms with Crippen molar-refractivity contribution in [1.82, 2.24) is 0 Å². The first-order chi connectivity index (χ1) is 14.3. The molecule has 0 N–H and O–H groups in total. The zero-order valence-corrected chi connectivity index (χ0v) is 15.9. The van der Waals surface area contributed by atoms with Crippen molar-refractivity contribution in [1.29, 1.82) is 0 Å². The summed E-state index contributed by atoms with van der Waals surface area (Å²) in [6.45, 7) is 0. The van der Waals surface area contributed by atoms with Gasteiger partial charge in [0.1, 0.15) is 17.1 Å². The van der Waals surface area contributed by atoms with Crippen LogP contribution in [0.15, 0.2) is 100 Å². The van der Waals surface area contributed by atoms with E-state index in [0.29, 0.717) is 22.3 Å². The minimum atomic E-state index is -0.0333. The molecule has 0 saturated carbocycles. The standard InChI is InChI=1S/C26H18O3/c1-28-20-14-11-19(12-15-20)25-23(18-8-3-2-4-9-18)24(27)22-16-13-17-7-5-6-10-21(17)26(22)29-25/h2-16H,1H3. The van der Waals surface area contributed by atoms with E-state index in [4.69, 9.17) is 9.15 Å². The molecule has 3 heteroatoms. The van der Waals surface area contributed by atoms with Crippen LogP contribution in [0.3, 0.4) is 0 Å². The molecule has 0 aliphatic carbocycles. The summed E-state index contributed by atoms with van der Waals surface area (Å²) in [6.07, 6.45) is 0. The van der Waals surface area contributed by atoms with Gasteiger partial charge < -0.3 is 9.15 Å². The first-order valence-electron chi connectivity index (χ1n) is 9.44. The van der Waals surface area contributed by atoms with E-state index in [1.807, 2.05) is 91.0 Å². The van der Waals surface area contributed by atoms with Gasteiger partial charge in [0.15, 0.2) is 0 Å². The van der Waals surface area contributed by atoms with Crippen LogP contribution < -0.4 is 10.2 Å². The van der Waals surface area contributed by atoms with E-state index in [9.17, 15) is 4.79 Å². The van der Waals surface area contributed by atoms with Gasteiger partial charge in [-0.05, 0) is 41.3 Å². The molecule has 0 spiro atoms. The van der Waals surface area contributed by atoms with E-state index in [-0.39, 0.29) is 5.43 Å². The third kappa shape index (κ3) is 2.88. The Morgan fingerprint density at radius 2 is 1.41 bits per heavy atom. The SMILES string of the molecule is COc1ccc(-c2oc3c(ccc4ccccc43)c(=O)c2-c2ccccc2)cc1. The minimum absolute atomic E-state index is 0.0333. The molecule has 0 atom stereocenters. The molecule has 0 saturated heterocycles. The van der Waals surface area contributed by atoms with Crippen molar-refractivity contribution in [3.05, 3.63) is 101 Å². The van der Waals surface area contributed by atoms with E-state index in [0.717, 1.165) is 27.6 Å². The van der Waals surface area contributed by atoms with Crippen molar-refractivity contribution in [2.75, 3.05) is 7.11 Å². The molecule has 0 amide bonds. The first-order valence-corrected chi connectivity index (χ1v) is 9.44. The van der Waals surface area contributed by atoms with Gasteiger partial charge in [-0.15, -0.1) is 0 Å². The molecule has 4 aromatic carbocycles. The van der Waals surface area contributed by atoms with Gasteiger partial charge in [-0.25, -0.2) is 0 Å². The maximum Gasteiger partial charge on any atom is 0.201 e. The second kappa shape index (κ2) is 6.95. The van der Waals surface area contributed by atoms with Crippen molar-refractivity contribution >= 4 is 21.7 Å². The lowest BCUT2D eigenvalue weighted by Gasteiger charge is -2.12. The van der Waals surface area contributed by atoms with E-state index in [1.165, 1.54) is 0 Å². The Balaban J connectivity index is 1.91. The lowest BCUT2D eigenvalue weighted by Crippen LogP contribution is -2.07. The lowest BCUT2D eigenvalue weighted by atomic mass is 9.97. The molecule has 0 unspecified atom stereocenters. The molecule has 29 heavy (non-hydrogen) atoms. The van der Waals surface area contributed by atoms with Gasteiger partial charge in [0, 0.05) is 10.9 Å². The second-order valence-corrected chi connectivity index (χ2v) is 6.89. The summed E-state index contributed by atoms with van der Waals surface area (Å²) < 4.78 is 11.7. The summed E-state index contributed by atoms with van der Waals surface area (Å²) in [7, 11) is 1.63. The van der Waals surface area contributed by atoms with Crippen LogP contribution in [0.2, 0.25) is 0 Å². The zero-order chi connectivity index (χ0) is 19.8. The van der Waals surface area contributed by atoms with Crippen molar-refractivity contribution in [2.45, 2.75) is 0 Å². The van der Waals surface area contributed by atoms with Crippen LogP contribution in [-0.4, -0.2) is 7.11 Å². The average Bonchev–Trinajstić information content (AvgIpc) is 2.79. The fourth-order valence-corrected chi connectivity index (χ4v) is 3.74. The Morgan fingerprint density at radius 3 is 2.17 bits per heavy atom. The largest absolute Gasteiger partial charge is 0.497 e. The number of fused-ring (bicyclic) bond motifs is 3. The van der Waals surface area contributed by atoms with E-state index >= 15 is 0 Å². The molecule has 0 aliphatic rings. The molecule has 0 bridgehead atoms. The maximum atomic E-state index is 13.6. The van der Waals surface area contributed by atoms with Crippen molar-refractivity contribution < 1.29 is 9.15 Å². The smallest absolute Gasteiger partial charge is 0.201 e. The highest BCUT2D eigenvalue weighted by molar-refractivity contribution is 6.05. The van der Waals surface area contributed by atoms with E-state index < -0.39 is 0 Å². The van der Waals surface area contributed by atoms with Gasteiger partial charge in [0.25, 0.3) is 0 Å². The van der Waals surface area contributed by atoms with Crippen LogP contribution in [0.4, 0.5) is 0 Å². The quantitative estimate of drug-likeness (QED) is 0.346. The summed E-state index contributed by atoms with van der Waals surface area (Å²) >= 11 is 0. The van der Waals surface area contributed by atoms with Crippen LogP contribution in [-0.2, 0) is 0 Å². The molecule has 5 aromatic rings. The predicted molar refractivity (Wildman–Crippen MR) is 117 cm³/mol. The van der Waals surface area contributed by atoms with Gasteiger partial charge in [0.05, 0.1) is 18.1 Å². The Morgan fingerprint density at radius 1 is 0.690 bits per heavy atom. The highest BCUT2D eigenvalue weighted by Crippen LogP contribution is 2.35. The lowest BCUT2D eigenvalue weighted by molar-refractivity contribution is 0.415. The maximum absolute atomic E-state index is 13.6. The molecule has 5 rings (SSSR count). The Bertz CT molecular complexity index is 1380. The fraction of sp³-hybridized carbons (Fsp3) is 0.0385. The second-order valence-electron chi connectivity index (χ2n) is 6.89. The monoisotopic (exact) mass is 378 g/mol. The molecular weight excluding hydrogens is 360 g/mol. The molecule has 0 fully saturated rings. The van der Waals surface area contributed by atoms with Crippen LogP contribution >= 0.6 is 0 Å². The average molecular weight is 378 g/mol. The van der Waals surface area contributed by atoms with Crippen molar-refractivity contribution in [2.24, 2.45) is 0 Å².